The summed E-state index contributed by atoms with van der Waals surface area (Å²) in [6.45, 7) is 7.44. The molecule has 0 saturated carbocycles. The number of hydrogen-bond acceptors (Lipinski definition) is 10. The molecule has 2 aromatic carbocycles. The van der Waals surface area contributed by atoms with Gasteiger partial charge >= 0.3 is 11.9 Å². The fourth-order valence-electron chi connectivity index (χ4n) is 8.02. The van der Waals surface area contributed by atoms with Gasteiger partial charge in [-0.2, -0.15) is 5.26 Å². The van der Waals surface area contributed by atoms with Gasteiger partial charge in [-0.1, -0.05) is 74.4 Å². The molecule has 3 aromatic rings. The lowest BCUT2D eigenvalue weighted by molar-refractivity contribution is -0.163. The Hall–Kier alpha value is -4.77. The van der Waals surface area contributed by atoms with Crippen LogP contribution in [-0.2, 0) is 27.5 Å². The van der Waals surface area contributed by atoms with E-state index in [0.29, 0.717) is 85.4 Å². The van der Waals surface area contributed by atoms with Crippen molar-refractivity contribution in [3.05, 3.63) is 106 Å². The molecule has 302 valence electrons. The van der Waals surface area contributed by atoms with Crippen molar-refractivity contribution in [1.29, 1.82) is 5.26 Å². The fraction of sp³-hybridized carbons (Fsp3) is 0.455. The molecule has 3 aliphatic rings. The molecule has 2 saturated heterocycles. The number of hydrogen-bond donors (Lipinski definition) is 3. The highest BCUT2D eigenvalue weighted by Crippen LogP contribution is 2.49. The van der Waals surface area contributed by atoms with Crippen LogP contribution < -0.4 is 9.47 Å². The standard InChI is InChI=1S/C44H51ClN4O8/c1-42(2)35(33-10-4-3-5-11-33)12-8-14-44(42,57-21-9-17-48-19-15-43(54,16-20-48)41(52)53)30-56-39-24-38(55-29-32-22-31(25-46)26-47-27-32)34(23-36(39)45)28-49-18-7-6-13-37(49)40(50)51/h3-5,8,10-12,14,22-24,26-27,37,54H,6-7,9,13,15-21,28-30H2,1-2H3,(H,50,51)(H,52,53)/t37-,44?/m0/s1. The van der Waals surface area contributed by atoms with Crippen molar-refractivity contribution >= 4 is 29.1 Å². The van der Waals surface area contributed by atoms with Gasteiger partial charge in [0.15, 0.2) is 5.60 Å². The number of nitrogens with zero attached hydrogens (tertiary/aromatic N) is 4. The maximum absolute atomic E-state index is 12.2. The Morgan fingerprint density at radius 2 is 1.79 bits per heavy atom. The minimum Gasteiger partial charge on any atom is -0.488 e. The predicted molar refractivity (Wildman–Crippen MR) is 215 cm³/mol. The summed E-state index contributed by atoms with van der Waals surface area (Å²) in [6.07, 6.45) is 12.6. The fourth-order valence-corrected chi connectivity index (χ4v) is 8.26. The van der Waals surface area contributed by atoms with Gasteiger partial charge < -0.3 is 34.4 Å². The first-order valence-corrected chi connectivity index (χ1v) is 19.9. The lowest BCUT2D eigenvalue weighted by atomic mass is 9.65. The number of allylic oxidation sites excluding steroid dienone is 2. The summed E-state index contributed by atoms with van der Waals surface area (Å²) in [7, 11) is 0. The van der Waals surface area contributed by atoms with Gasteiger partial charge in [-0.15, -0.1) is 0 Å². The molecule has 2 aliphatic heterocycles. The average Bonchev–Trinajstić information content (AvgIpc) is 3.20. The van der Waals surface area contributed by atoms with Gasteiger partial charge in [0.05, 0.1) is 10.6 Å². The van der Waals surface area contributed by atoms with Crippen LogP contribution in [0.15, 0.2) is 79.2 Å². The number of aliphatic hydroxyl groups is 1. The maximum atomic E-state index is 12.2. The van der Waals surface area contributed by atoms with E-state index >= 15 is 0 Å². The van der Waals surface area contributed by atoms with Gasteiger partial charge in [-0.05, 0) is 68.0 Å². The van der Waals surface area contributed by atoms with Crippen LogP contribution in [0.3, 0.4) is 0 Å². The van der Waals surface area contributed by atoms with E-state index in [4.69, 9.17) is 25.8 Å². The Morgan fingerprint density at radius 3 is 2.51 bits per heavy atom. The topological polar surface area (TPSA) is 166 Å². The van der Waals surface area contributed by atoms with E-state index in [1.54, 1.807) is 24.4 Å². The number of pyridine rings is 1. The van der Waals surface area contributed by atoms with Crippen LogP contribution >= 0.6 is 11.6 Å². The van der Waals surface area contributed by atoms with Crippen LogP contribution in [0, 0.1) is 16.7 Å². The Morgan fingerprint density at radius 1 is 1.02 bits per heavy atom. The van der Waals surface area contributed by atoms with Gasteiger partial charge in [-0.25, -0.2) is 4.79 Å². The first-order chi connectivity index (χ1) is 27.3. The molecule has 6 rings (SSSR count). The number of aliphatic carboxylic acids is 2. The second kappa shape index (κ2) is 18.2. The van der Waals surface area contributed by atoms with Crippen molar-refractivity contribution in [2.45, 2.75) is 82.8 Å². The number of carboxylic acid groups (broad SMARTS) is 2. The van der Waals surface area contributed by atoms with Crippen LogP contribution in [0.5, 0.6) is 11.5 Å². The molecule has 3 N–H and O–H groups in total. The molecule has 1 aliphatic carbocycles. The Labute approximate surface area is 338 Å². The summed E-state index contributed by atoms with van der Waals surface area (Å²) in [5.41, 5.74) is 0.738. The highest BCUT2D eigenvalue weighted by molar-refractivity contribution is 6.32. The number of benzene rings is 2. The molecule has 2 atom stereocenters. The largest absolute Gasteiger partial charge is 0.488 e. The molecule has 57 heavy (non-hydrogen) atoms. The van der Waals surface area contributed by atoms with E-state index in [1.165, 1.54) is 6.20 Å². The second-order valence-corrected chi connectivity index (χ2v) is 16.1. The third-order valence-corrected chi connectivity index (χ3v) is 11.9. The lowest BCUT2D eigenvalue weighted by Gasteiger charge is -2.47. The summed E-state index contributed by atoms with van der Waals surface area (Å²) in [5.74, 6) is -1.19. The molecule has 0 radical (unpaired) electrons. The third-order valence-electron chi connectivity index (χ3n) is 11.7. The molecule has 0 bridgehead atoms. The quantitative estimate of drug-likeness (QED) is 0.131. The van der Waals surface area contributed by atoms with E-state index in [1.807, 2.05) is 35.3 Å². The number of carboxylic acids is 2. The second-order valence-electron chi connectivity index (χ2n) is 15.7. The van der Waals surface area contributed by atoms with E-state index in [2.05, 4.69) is 48.0 Å². The van der Waals surface area contributed by atoms with Crippen molar-refractivity contribution in [2.75, 3.05) is 39.4 Å². The molecule has 1 unspecified atom stereocenters. The van der Waals surface area contributed by atoms with Gasteiger partial charge in [0.25, 0.3) is 0 Å². The molecular formula is C44H51ClN4O8. The van der Waals surface area contributed by atoms with Gasteiger partial charge in [0.2, 0.25) is 0 Å². The molecule has 1 aromatic heterocycles. The van der Waals surface area contributed by atoms with Crippen molar-refractivity contribution in [1.82, 2.24) is 14.8 Å². The van der Waals surface area contributed by atoms with Gasteiger partial charge in [0, 0.05) is 67.8 Å². The zero-order chi connectivity index (χ0) is 40.6. The number of rotatable bonds is 16. The molecule has 13 heteroatoms. The van der Waals surface area contributed by atoms with Gasteiger partial charge in [0.1, 0.15) is 42.4 Å². The first kappa shape index (κ1) is 41.9. The Bertz CT molecular complexity index is 2010. The van der Waals surface area contributed by atoms with E-state index < -0.39 is 34.6 Å². The highest BCUT2D eigenvalue weighted by Gasteiger charge is 2.49. The molecule has 0 amide bonds. The average molecular weight is 799 g/mol. The number of carbonyl (C=O) groups is 2. The van der Waals surface area contributed by atoms with Crippen LogP contribution in [-0.4, -0.2) is 98.7 Å². The number of nitriles is 1. The molecular weight excluding hydrogens is 748 g/mol. The van der Waals surface area contributed by atoms with E-state index in [9.17, 15) is 30.2 Å². The maximum Gasteiger partial charge on any atom is 0.335 e. The smallest absolute Gasteiger partial charge is 0.335 e. The highest BCUT2D eigenvalue weighted by atomic mass is 35.5. The zero-order valence-corrected chi connectivity index (χ0v) is 33.3. The Kier molecular flexibility index (Phi) is 13.4. The summed E-state index contributed by atoms with van der Waals surface area (Å²) >= 11 is 6.99. The predicted octanol–water partition coefficient (Wildman–Crippen LogP) is 6.74. The molecule has 3 heterocycles. The van der Waals surface area contributed by atoms with Crippen LogP contribution in [0.2, 0.25) is 5.02 Å². The SMILES string of the molecule is CC1(C)C(c2ccccc2)=CC=CC1(COc1cc(OCc2cncc(C#N)c2)c(CN2CCCC[C@H]2C(=O)O)cc1Cl)OCCCN1CCC(O)(C(=O)O)CC1. The van der Waals surface area contributed by atoms with Crippen molar-refractivity contribution < 1.29 is 39.1 Å². The van der Waals surface area contributed by atoms with Crippen molar-refractivity contribution in [3.8, 4) is 17.6 Å². The lowest BCUT2D eigenvalue weighted by Crippen LogP contribution is -2.52. The third kappa shape index (κ3) is 9.68. The van der Waals surface area contributed by atoms with E-state index in [-0.39, 0.29) is 26.1 Å². The van der Waals surface area contributed by atoms with Crippen molar-refractivity contribution in [3.63, 3.8) is 0 Å². The summed E-state index contributed by atoms with van der Waals surface area (Å²) in [5, 5.41) is 39.6. The number of piperidine rings is 2. The normalized spacial score (nSPS) is 21.9. The van der Waals surface area contributed by atoms with Crippen LogP contribution in [0.4, 0.5) is 0 Å². The Balaban J connectivity index is 1.25. The number of aromatic nitrogens is 1. The number of likely N-dealkylation sites (tertiary alicyclic amines) is 2. The monoisotopic (exact) mass is 798 g/mol. The van der Waals surface area contributed by atoms with Crippen LogP contribution in [0.1, 0.15) is 74.6 Å². The molecule has 0 spiro atoms. The van der Waals surface area contributed by atoms with Crippen LogP contribution in [0.25, 0.3) is 5.57 Å². The number of halogens is 1. The zero-order valence-electron chi connectivity index (χ0n) is 32.5. The summed E-state index contributed by atoms with van der Waals surface area (Å²) < 4.78 is 19.9. The summed E-state index contributed by atoms with van der Waals surface area (Å²) in [4.78, 5) is 32.0. The summed E-state index contributed by atoms with van der Waals surface area (Å²) in [6, 6.07) is 16.9. The molecule has 12 nitrogen and oxygen atoms in total. The minimum absolute atomic E-state index is 0.0931. The molecule has 2 fully saturated rings. The first-order valence-electron chi connectivity index (χ1n) is 19.5. The van der Waals surface area contributed by atoms with E-state index in [0.717, 1.165) is 24.0 Å². The minimum atomic E-state index is -1.68. The van der Waals surface area contributed by atoms with Crippen molar-refractivity contribution in [2.24, 2.45) is 5.41 Å². The van der Waals surface area contributed by atoms with Gasteiger partial charge in [-0.3, -0.25) is 14.7 Å². The number of ether oxygens (including phenoxy) is 3.